The summed E-state index contributed by atoms with van der Waals surface area (Å²) in [6.07, 6.45) is 8.29. The summed E-state index contributed by atoms with van der Waals surface area (Å²) >= 11 is 0. The molecule has 1 aliphatic carbocycles. The van der Waals surface area contributed by atoms with E-state index in [0.29, 0.717) is 6.04 Å². The van der Waals surface area contributed by atoms with Crippen molar-refractivity contribution in [3.8, 4) is 0 Å². The number of nitrogens with zero attached hydrogens (tertiary/aromatic N) is 1. The summed E-state index contributed by atoms with van der Waals surface area (Å²) in [4.78, 5) is 2.68. The quantitative estimate of drug-likeness (QED) is 0.762. The minimum atomic E-state index is 0.588. The van der Waals surface area contributed by atoms with E-state index in [4.69, 9.17) is 0 Å². The van der Waals surface area contributed by atoms with Crippen molar-refractivity contribution in [2.75, 3.05) is 19.6 Å². The first-order valence-electron chi connectivity index (χ1n) is 8.87. The summed E-state index contributed by atoms with van der Waals surface area (Å²) in [5.41, 5.74) is 1.48. The predicted octanol–water partition coefficient (Wildman–Crippen LogP) is 3.99. The van der Waals surface area contributed by atoms with Crippen molar-refractivity contribution in [2.45, 2.75) is 57.5 Å². The SMILES string of the molecule is CC1CCCCN1CCCNC(c1ccccc1)C1CC1. The molecule has 2 unspecified atom stereocenters. The summed E-state index contributed by atoms with van der Waals surface area (Å²) in [6.45, 7) is 6.12. The van der Waals surface area contributed by atoms with Crippen LogP contribution in [-0.4, -0.2) is 30.6 Å². The van der Waals surface area contributed by atoms with E-state index < -0.39 is 0 Å². The van der Waals surface area contributed by atoms with Crippen molar-refractivity contribution >= 4 is 0 Å². The van der Waals surface area contributed by atoms with Crippen LogP contribution in [0, 0.1) is 5.92 Å². The van der Waals surface area contributed by atoms with Crippen LogP contribution in [0.25, 0.3) is 0 Å². The van der Waals surface area contributed by atoms with Crippen LogP contribution in [0.1, 0.15) is 57.1 Å². The molecule has 1 saturated carbocycles. The van der Waals surface area contributed by atoms with Gasteiger partial charge >= 0.3 is 0 Å². The van der Waals surface area contributed by atoms with E-state index >= 15 is 0 Å². The summed E-state index contributed by atoms with van der Waals surface area (Å²) in [6, 6.07) is 12.4. The van der Waals surface area contributed by atoms with Crippen molar-refractivity contribution in [3.63, 3.8) is 0 Å². The van der Waals surface area contributed by atoms with Gasteiger partial charge in [0, 0.05) is 12.1 Å². The van der Waals surface area contributed by atoms with Gasteiger partial charge in [0.2, 0.25) is 0 Å². The molecule has 2 heteroatoms. The molecule has 2 fully saturated rings. The lowest BCUT2D eigenvalue weighted by atomic mass is 10.0. The Hall–Kier alpha value is -0.860. The van der Waals surface area contributed by atoms with Gasteiger partial charge in [-0.15, -0.1) is 0 Å². The van der Waals surface area contributed by atoms with E-state index in [-0.39, 0.29) is 0 Å². The van der Waals surface area contributed by atoms with Crippen LogP contribution >= 0.6 is 0 Å². The number of piperidine rings is 1. The number of benzene rings is 1. The molecule has 1 aliphatic heterocycles. The molecule has 1 N–H and O–H groups in total. The normalized spacial score (nSPS) is 24.9. The monoisotopic (exact) mass is 286 g/mol. The smallest absolute Gasteiger partial charge is 0.0348 e. The van der Waals surface area contributed by atoms with E-state index in [1.54, 1.807) is 0 Å². The minimum absolute atomic E-state index is 0.588. The van der Waals surface area contributed by atoms with Crippen molar-refractivity contribution in [3.05, 3.63) is 35.9 Å². The van der Waals surface area contributed by atoms with Crippen LogP contribution in [0.2, 0.25) is 0 Å². The van der Waals surface area contributed by atoms with E-state index in [1.165, 1.54) is 57.2 Å². The van der Waals surface area contributed by atoms with Crippen LogP contribution in [0.5, 0.6) is 0 Å². The van der Waals surface area contributed by atoms with E-state index in [9.17, 15) is 0 Å². The zero-order chi connectivity index (χ0) is 14.5. The van der Waals surface area contributed by atoms with E-state index in [0.717, 1.165) is 18.5 Å². The topological polar surface area (TPSA) is 15.3 Å². The van der Waals surface area contributed by atoms with Gasteiger partial charge in [-0.2, -0.15) is 0 Å². The van der Waals surface area contributed by atoms with Crippen LogP contribution in [0.15, 0.2) is 30.3 Å². The average molecular weight is 286 g/mol. The third-order valence-electron chi connectivity index (χ3n) is 5.18. The number of hydrogen-bond donors (Lipinski definition) is 1. The molecule has 1 aromatic rings. The molecule has 3 rings (SSSR count). The summed E-state index contributed by atoms with van der Waals surface area (Å²) in [7, 11) is 0. The molecular weight excluding hydrogens is 256 g/mol. The molecule has 0 radical (unpaired) electrons. The highest BCUT2D eigenvalue weighted by Gasteiger charge is 2.31. The number of rotatable bonds is 7. The first-order chi connectivity index (χ1) is 10.3. The average Bonchev–Trinajstić information content (AvgIpc) is 3.34. The number of hydrogen-bond acceptors (Lipinski definition) is 2. The predicted molar refractivity (Wildman–Crippen MR) is 89.4 cm³/mol. The van der Waals surface area contributed by atoms with Gasteiger partial charge in [-0.1, -0.05) is 36.8 Å². The van der Waals surface area contributed by atoms with Gasteiger partial charge in [-0.3, -0.25) is 0 Å². The van der Waals surface area contributed by atoms with Crippen LogP contribution in [0.4, 0.5) is 0 Å². The molecular formula is C19H30N2. The Morgan fingerprint density at radius 3 is 2.67 bits per heavy atom. The Labute approximate surface area is 129 Å². The highest BCUT2D eigenvalue weighted by atomic mass is 15.2. The first-order valence-corrected chi connectivity index (χ1v) is 8.87. The second-order valence-corrected chi connectivity index (χ2v) is 6.91. The number of nitrogens with one attached hydrogen (secondary N) is 1. The zero-order valence-electron chi connectivity index (χ0n) is 13.4. The van der Waals surface area contributed by atoms with E-state index in [1.807, 2.05) is 0 Å². The third kappa shape index (κ3) is 4.31. The summed E-state index contributed by atoms with van der Waals surface area (Å²) in [5, 5.41) is 3.83. The van der Waals surface area contributed by atoms with Gasteiger partial charge in [0.15, 0.2) is 0 Å². The molecule has 1 saturated heterocycles. The standard InChI is InChI=1S/C19H30N2/c1-16-8-5-6-14-21(16)15-7-13-20-19(18-11-12-18)17-9-3-2-4-10-17/h2-4,9-10,16,18-20H,5-8,11-15H2,1H3. The molecule has 0 amide bonds. The van der Waals surface area contributed by atoms with Gasteiger partial charge in [0.1, 0.15) is 0 Å². The van der Waals surface area contributed by atoms with Crippen molar-refractivity contribution in [2.24, 2.45) is 5.92 Å². The van der Waals surface area contributed by atoms with Gasteiger partial charge in [-0.25, -0.2) is 0 Å². The van der Waals surface area contributed by atoms with Gasteiger partial charge in [0.05, 0.1) is 0 Å². The maximum atomic E-state index is 3.83. The van der Waals surface area contributed by atoms with Crippen molar-refractivity contribution in [1.82, 2.24) is 10.2 Å². The minimum Gasteiger partial charge on any atom is -0.310 e. The maximum Gasteiger partial charge on any atom is 0.0348 e. The van der Waals surface area contributed by atoms with Crippen molar-refractivity contribution in [1.29, 1.82) is 0 Å². The second-order valence-electron chi connectivity index (χ2n) is 6.91. The number of likely N-dealkylation sites (tertiary alicyclic amines) is 1. The first kappa shape index (κ1) is 15.1. The fourth-order valence-electron chi connectivity index (χ4n) is 3.68. The van der Waals surface area contributed by atoms with E-state index in [2.05, 4.69) is 47.5 Å². The molecule has 2 nitrogen and oxygen atoms in total. The Kier molecular flexibility index (Phi) is 5.32. The molecule has 2 atom stereocenters. The molecule has 2 aliphatic rings. The molecule has 0 bridgehead atoms. The van der Waals surface area contributed by atoms with Crippen LogP contribution in [0.3, 0.4) is 0 Å². The largest absolute Gasteiger partial charge is 0.310 e. The molecule has 0 spiro atoms. The van der Waals surface area contributed by atoms with Gasteiger partial charge in [0.25, 0.3) is 0 Å². The lowest BCUT2D eigenvalue weighted by Crippen LogP contribution is -2.39. The zero-order valence-corrected chi connectivity index (χ0v) is 13.4. The Balaban J connectivity index is 1.43. The molecule has 1 aromatic carbocycles. The Morgan fingerprint density at radius 2 is 1.95 bits per heavy atom. The van der Waals surface area contributed by atoms with Crippen LogP contribution < -0.4 is 5.32 Å². The van der Waals surface area contributed by atoms with Crippen LogP contribution in [-0.2, 0) is 0 Å². The lowest BCUT2D eigenvalue weighted by Gasteiger charge is -2.33. The molecule has 1 heterocycles. The second kappa shape index (κ2) is 7.42. The molecule has 0 aromatic heterocycles. The molecule has 116 valence electrons. The third-order valence-corrected chi connectivity index (χ3v) is 5.18. The van der Waals surface area contributed by atoms with Gasteiger partial charge in [-0.05, 0) is 70.1 Å². The maximum absolute atomic E-state index is 3.83. The fourth-order valence-corrected chi connectivity index (χ4v) is 3.68. The van der Waals surface area contributed by atoms with Crippen molar-refractivity contribution < 1.29 is 0 Å². The summed E-state index contributed by atoms with van der Waals surface area (Å²) < 4.78 is 0. The Morgan fingerprint density at radius 1 is 1.14 bits per heavy atom. The summed E-state index contributed by atoms with van der Waals surface area (Å²) in [5.74, 6) is 0.876. The van der Waals surface area contributed by atoms with Gasteiger partial charge < -0.3 is 10.2 Å². The fraction of sp³-hybridized carbons (Fsp3) is 0.684. The highest BCUT2D eigenvalue weighted by Crippen LogP contribution is 2.40. The highest BCUT2D eigenvalue weighted by molar-refractivity contribution is 5.21. The molecule has 21 heavy (non-hydrogen) atoms. The Bertz CT molecular complexity index is 413. The lowest BCUT2D eigenvalue weighted by molar-refractivity contribution is 0.158.